The Morgan fingerprint density at radius 1 is 1.17 bits per heavy atom. The molecule has 2 aromatic carbocycles. The van der Waals surface area contributed by atoms with Crippen LogP contribution in [-0.2, 0) is 10.0 Å². The van der Waals surface area contributed by atoms with Gasteiger partial charge in [-0.25, -0.2) is 8.42 Å². The van der Waals surface area contributed by atoms with E-state index in [2.05, 4.69) is 16.9 Å². The largest absolute Gasteiger partial charge is 0.497 e. The Hall–Kier alpha value is -1.47. The van der Waals surface area contributed by atoms with Crippen LogP contribution in [0.4, 0.5) is 0 Å². The second-order valence-electron chi connectivity index (χ2n) is 5.86. The first-order valence-corrected chi connectivity index (χ1v) is 12.0. The molecule has 30 heavy (non-hydrogen) atoms. The Balaban J connectivity index is 0.00000146. The highest BCUT2D eigenvalue weighted by atomic mass is 35.5. The van der Waals surface area contributed by atoms with Crippen LogP contribution in [0.2, 0.25) is 5.02 Å². The minimum atomic E-state index is -3.71. The zero-order chi connectivity index (χ0) is 21.4. The summed E-state index contributed by atoms with van der Waals surface area (Å²) in [6.45, 7) is 2.00. The lowest BCUT2D eigenvalue weighted by atomic mass is 10.2. The van der Waals surface area contributed by atoms with Gasteiger partial charge in [-0.05, 0) is 36.4 Å². The van der Waals surface area contributed by atoms with Crippen LogP contribution in [0.5, 0.6) is 5.75 Å². The molecule has 1 fully saturated rings. The second kappa shape index (κ2) is 12.4. The Kier molecular flexibility index (Phi) is 11.0. The predicted octanol–water partition coefficient (Wildman–Crippen LogP) is 4.46. The molecule has 164 valence electrons. The number of halogens is 2. The summed E-state index contributed by atoms with van der Waals surface area (Å²) in [5.41, 5.74) is 0.303. The van der Waals surface area contributed by atoms with Crippen molar-refractivity contribution < 1.29 is 13.2 Å². The number of sulfonamides is 1. The number of hydrogen-bond donors (Lipinski definition) is 1. The SMILES string of the molecule is C.CCl.COc1cc(Cl)cc(Sc2ccc(C#N)cc2S(=O)(=O)N2CCNCC2)c1. The number of ether oxygens (including phenoxy) is 1. The van der Waals surface area contributed by atoms with Gasteiger partial charge in [0.05, 0.1) is 23.6 Å². The molecule has 2 aromatic rings. The lowest BCUT2D eigenvalue weighted by molar-refractivity contribution is 0.359. The fourth-order valence-electron chi connectivity index (χ4n) is 2.73. The third-order valence-corrected chi connectivity index (χ3v) is 7.41. The predicted molar refractivity (Wildman–Crippen MR) is 123 cm³/mol. The molecule has 0 bridgehead atoms. The van der Waals surface area contributed by atoms with Gasteiger partial charge in [-0.15, -0.1) is 11.6 Å². The number of alkyl halides is 1. The summed E-state index contributed by atoms with van der Waals surface area (Å²) in [4.78, 5) is 1.42. The number of benzene rings is 2. The van der Waals surface area contributed by atoms with E-state index in [-0.39, 0.29) is 12.3 Å². The monoisotopic (exact) mass is 489 g/mol. The first kappa shape index (κ1) is 26.6. The van der Waals surface area contributed by atoms with E-state index in [4.69, 9.17) is 16.3 Å². The number of nitriles is 1. The van der Waals surface area contributed by atoms with E-state index in [9.17, 15) is 13.7 Å². The first-order chi connectivity index (χ1) is 13.9. The minimum absolute atomic E-state index is 0. The summed E-state index contributed by atoms with van der Waals surface area (Å²) in [6.07, 6.45) is 1.47. The van der Waals surface area contributed by atoms with Crippen molar-refractivity contribution in [2.75, 3.05) is 39.7 Å². The van der Waals surface area contributed by atoms with Gasteiger partial charge in [-0.3, -0.25) is 0 Å². The molecule has 1 heterocycles. The fraction of sp³-hybridized carbons (Fsp3) is 0.350. The normalized spacial score (nSPS) is 14.0. The van der Waals surface area contributed by atoms with Gasteiger partial charge in [0.15, 0.2) is 0 Å². The fourth-order valence-corrected chi connectivity index (χ4v) is 5.91. The first-order valence-electron chi connectivity index (χ1n) is 8.59. The van der Waals surface area contributed by atoms with Crippen molar-refractivity contribution in [3.8, 4) is 11.8 Å². The highest BCUT2D eigenvalue weighted by Crippen LogP contribution is 2.37. The summed E-state index contributed by atoms with van der Waals surface area (Å²) in [5, 5.41) is 12.9. The molecule has 1 N–H and O–H groups in total. The average molecular weight is 490 g/mol. The lowest BCUT2D eigenvalue weighted by Crippen LogP contribution is -2.46. The molecule has 0 amide bonds. The molecule has 6 nitrogen and oxygen atoms in total. The molecule has 1 aliphatic rings. The van der Waals surface area contributed by atoms with E-state index >= 15 is 0 Å². The van der Waals surface area contributed by atoms with E-state index in [0.29, 0.717) is 47.4 Å². The zero-order valence-corrected chi connectivity index (χ0v) is 19.1. The molecule has 10 heteroatoms. The Morgan fingerprint density at radius 2 is 1.83 bits per heavy atom. The van der Waals surface area contributed by atoms with Crippen LogP contribution in [-0.4, -0.2) is 52.4 Å². The molecule has 1 saturated heterocycles. The number of nitrogens with zero attached hydrogens (tertiary/aromatic N) is 2. The molecule has 0 spiro atoms. The van der Waals surface area contributed by atoms with Gasteiger partial charge >= 0.3 is 0 Å². The maximum absolute atomic E-state index is 13.2. The summed E-state index contributed by atoms with van der Waals surface area (Å²) < 4.78 is 33.0. The lowest BCUT2D eigenvalue weighted by Gasteiger charge is -2.27. The van der Waals surface area contributed by atoms with Crippen molar-refractivity contribution in [3.63, 3.8) is 0 Å². The van der Waals surface area contributed by atoms with Gasteiger partial charge in [0.2, 0.25) is 10.0 Å². The van der Waals surface area contributed by atoms with Crippen molar-refractivity contribution in [2.45, 2.75) is 22.1 Å². The van der Waals surface area contributed by atoms with Crippen LogP contribution in [0, 0.1) is 11.3 Å². The maximum atomic E-state index is 13.2. The van der Waals surface area contributed by atoms with E-state index in [1.165, 1.54) is 28.5 Å². The van der Waals surface area contributed by atoms with Crippen LogP contribution >= 0.6 is 35.0 Å². The van der Waals surface area contributed by atoms with Crippen molar-refractivity contribution in [1.82, 2.24) is 9.62 Å². The smallest absolute Gasteiger partial charge is 0.244 e. The Labute approximate surface area is 193 Å². The molecule has 3 rings (SSSR count). The van der Waals surface area contributed by atoms with Crippen LogP contribution in [0.25, 0.3) is 0 Å². The molecule has 0 radical (unpaired) electrons. The third kappa shape index (κ3) is 6.51. The number of rotatable bonds is 5. The van der Waals surface area contributed by atoms with Gasteiger partial charge in [0, 0.05) is 47.4 Å². The number of nitrogens with one attached hydrogen (secondary N) is 1. The van der Waals surface area contributed by atoms with Gasteiger partial charge in [0.25, 0.3) is 0 Å². The van der Waals surface area contributed by atoms with E-state index in [1.807, 2.05) is 6.07 Å². The molecule has 0 saturated carbocycles. The van der Waals surface area contributed by atoms with Crippen LogP contribution in [0.1, 0.15) is 13.0 Å². The van der Waals surface area contributed by atoms with Gasteiger partial charge in [-0.2, -0.15) is 9.57 Å². The summed E-state index contributed by atoms with van der Waals surface area (Å²) >= 11 is 12.0. The average Bonchev–Trinajstić information content (AvgIpc) is 2.75. The van der Waals surface area contributed by atoms with Crippen molar-refractivity contribution in [1.29, 1.82) is 5.26 Å². The number of methoxy groups -OCH3 is 1. The van der Waals surface area contributed by atoms with E-state index in [1.54, 1.807) is 37.4 Å². The molecule has 1 aliphatic heterocycles. The highest BCUT2D eigenvalue weighted by Gasteiger charge is 2.29. The Morgan fingerprint density at radius 3 is 2.43 bits per heavy atom. The summed E-state index contributed by atoms with van der Waals surface area (Å²) in [6, 6.07) is 11.9. The van der Waals surface area contributed by atoms with Crippen molar-refractivity contribution >= 4 is 45.0 Å². The number of hydrogen-bond acceptors (Lipinski definition) is 6. The van der Waals surface area contributed by atoms with Crippen LogP contribution in [0.3, 0.4) is 0 Å². The highest BCUT2D eigenvalue weighted by molar-refractivity contribution is 8.00. The maximum Gasteiger partial charge on any atom is 0.244 e. The standard InChI is InChI=1S/C18H18ClN3O3S2.CH3Cl.CH4/c1-25-15-9-14(19)10-16(11-15)26-17-3-2-13(12-20)8-18(17)27(23,24)22-6-4-21-5-7-22;1-2;/h2-3,8-11,21H,4-7H2,1H3;1H3;1H4. The van der Waals surface area contributed by atoms with Crippen molar-refractivity contribution in [3.05, 3.63) is 47.0 Å². The molecular weight excluding hydrogens is 465 g/mol. The quantitative estimate of drug-likeness (QED) is 0.624. The van der Waals surface area contributed by atoms with Crippen LogP contribution < -0.4 is 10.1 Å². The topological polar surface area (TPSA) is 82.4 Å². The Bertz CT molecular complexity index is 989. The van der Waals surface area contributed by atoms with Gasteiger partial charge < -0.3 is 10.1 Å². The summed E-state index contributed by atoms with van der Waals surface area (Å²) in [7, 11) is -2.17. The third-order valence-electron chi connectivity index (χ3n) is 4.07. The molecule has 0 aromatic heterocycles. The second-order valence-corrected chi connectivity index (χ2v) is 9.31. The van der Waals surface area contributed by atoms with Crippen molar-refractivity contribution in [2.24, 2.45) is 0 Å². The zero-order valence-electron chi connectivity index (χ0n) is 16.0. The van der Waals surface area contributed by atoms with Gasteiger partial charge in [0.1, 0.15) is 5.75 Å². The van der Waals surface area contributed by atoms with Gasteiger partial charge in [-0.1, -0.05) is 30.8 Å². The van der Waals surface area contributed by atoms with E-state index in [0.717, 1.165) is 4.90 Å². The molecular formula is C20H25Cl2N3O3S2. The van der Waals surface area contributed by atoms with Crippen LogP contribution in [0.15, 0.2) is 51.1 Å². The molecule has 0 aliphatic carbocycles. The summed E-state index contributed by atoms with van der Waals surface area (Å²) in [5.74, 6) is 0.588. The molecule has 0 atom stereocenters. The number of piperazine rings is 1. The minimum Gasteiger partial charge on any atom is -0.497 e. The molecule has 0 unspecified atom stereocenters. The van der Waals surface area contributed by atoms with E-state index < -0.39 is 10.0 Å².